The van der Waals surface area contributed by atoms with Gasteiger partial charge in [-0.05, 0) is 12.1 Å². The van der Waals surface area contributed by atoms with Crippen molar-refractivity contribution in [2.45, 2.75) is 6.18 Å². The molecular weight excluding hydrogens is 223 g/mol. The lowest BCUT2D eigenvalue weighted by Crippen LogP contribution is -2.03. The molecule has 0 unspecified atom stereocenters. The van der Waals surface area contributed by atoms with Crippen molar-refractivity contribution in [1.82, 2.24) is 4.98 Å². The Kier molecular flexibility index (Phi) is 2.48. The standard InChI is InChI=1S/C10H5F3NS/c11-10(12,13)8-3-1-7(2-4-8)9-14-5-6-15-9/h1-5H. The predicted octanol–water partition coefficient (Wildman–Crippen LogP) is 3.63. The lowest BCUT2D eigenvalue weighted by atomic mass is 10.1. The summed E-state index contributed by atoms with van der Waals surface area (Å²) in [5.74, 6) is 0. The van der Waals surface area contributed by atoms with Crippen LogP contribution in [-0.2, 0) is 6.18 Å². The van der Waals surface area contributed by atoms with Crippen LogP contribution in [0.1, 0.15) is 5.56 Å². The third-order valence-corrected chi connectivity index (χ3v) is 2.61. The van der Waals surface area contributed by atoms with Crippen LogP contribution in [-0.4, -0.2) is 4.98 Å². The molecule has 0 fully saturated rings. The number of hydrogen-bond acceptors (Lipinski definition) is 2. The van der Waals surface area contributed by atoms with E-state index in [0.717, 1.165) is 12.1 Å². The third kappa shape index (κ3) is 2.18. The van der Waals surface area contributed by atoms with Crippen molar-refractivity contribution in [2.75, 3.05) is 0 Å². The summed E-state index contributed by atoms with van der Waals surface area (Å²) in [4.78, 5) is 3.96. The summed E-state index contributed by atoms with van der Waals surface area (Å²) in [5, 5.41) is 3.45. The molecule has 0 N–H and O–H groups in total. The Balaban J connectivity index is 2.33. The van der Waals surface area contributed by atoms with Crippen molar-refractivity contribution >= 4 is 11.3 Å². The maximum Gasteiger partial charge on any atom is 0.416 e. The van der Waals surface area contributed by atoms with Gasteiger partial charge < -0.3 is 0 Å². The number of alkyl halides is 3. The molecule has 77 valence electrons. The Labute approximate surface area is 88.2 Å². The maximum absolute atomic E-state index is 12.2. The first-order chi connectivity index (χ1) is 7.07. The van der Waals surface area contributed by atoms with E-state index in [0.29, 0.717) is 10.6 Å². The molecule has 15 heavy (non-hydrogen) atoms. The Bertz CT molecular complexity index is 431. The second-order valence-corrected chi connectivity index (χ2v) is 3.68. The quantitative estimate of drug-likeness (QED) is 0.726. The van der Waals surface area contributed by atoms with E-state index in [2.05, 4.69) is 10.4 Å². The van der Waals surface area contributed by atoms with Gasteiger partial charge in [-0.25, -0.2) is 4.98 Å². The molecule has 0 aliphatic rings. The second-order valence-electron chi connectivity index (χ2n) is 2.86. The Hall–Kier alpha value is -1.36. The summed E-state index contributed by atoms with van der Waals surface area (Å²) in [6.07, 6.45) is -2.79. The minimum absolute atomic E-state index is 0.646. The molecule has 1 aromatic heterocycles. The van der Waals surface area contributed by atoms with E-state index in [-0.39, 0.29) is 0 Å². The second kappa shape index (κ2) is 3.66. The molecule has 0 saturated heterocycles. The summed E-state index contributed by atoms with van der Waals surface area (Å²) in [5.41, 5.74) is 0.0287. The molecule has 1 radical (unpaired) electrons. The normalized spacial score (nSPS) is 11.7. The van der Waals surface area contributed by atoms with E-state index >= 15 is 0 Å². The minimum Gasteiger partial charge on any atom is -0.244 e. The zero-order valence-corrected chi connectivity index (χ0v) is 8.19. The van der Waals surface area contributed by atoms with Gasteiger partial charge >= 0.3 is 6.18 Å². The topological polar surface area (TPSA) is 12.9 Å². The fraction of sp³-hybridized carbons (Fsp3) is 0.100. The molecule has 0 amide bonds. The molecule has 0 atom stereocenters. The van der Waals surface area contributed by atoms with Gasteiger partial charge in [0.25, 0.3) is 0 Å². The number of nitrogens with zero attached hydrogens (tertiary/aromatic N) is 1. The van der Waals surface area contributed by atoms with Crippen molar-refractivity contribution in [3.63, 3.8) is 0 Å². The Morgan fingerprint density at radius 1 is 1.13 bits per heavy atom. The van der Waals surface area contributed by atoms with Crippen molar-refractivity contribution in [1.29, 1.82) is 0 Å². The highest BCUT2D eigenvalue weighted by atomic mass is 32.1. The number of benzene rings is 1. The minimum atomic E-state index is -4.28. The average molecular weight is 228 g/mol. The van der Waals surface area contributed by atoms with Crippen LogP contribution in [0.15, 0.2) is 30.5 Å². The van der Waals surface area contributed by atoms with Crippen molar-refractivity contribution in [3.8, 4) is 10.6 Å². The smallest absolute Gasteiger partial charge is 0.244 e. The van der Waals surface area contributed by atoms with Gasteiger partial charge in [0.2, 0.25) is 0 Å². The summed E-state index contributed by atoms with van der Waals surface area (Å²) in [6, 6.07) is 4.93. The summed E-state index contributed by atoms with van der Waals surface area (Å²) in [7, 11) is 0. The number of thiazole rings is 1. The highest BCUT2D eigenvalue weighted by molar-refractivity contribution is 7.12. The van der Waals surface area contributed by atoms with Gasteiger partial charge in [-0.3, -0.25) is 0 Å². The van der Waals surface area contributed by atoms with Crippen molar-refractivity contribution in [3.05, 3.63) is 41.4 Å². The van der Waals surface area contributed by atoms with E-state index in [1.54, 1.807) is 0 Å². The monoisotopic (exact) mass is 228 g/mol. The van der Waals surface area contributed by atoms with Crippen molar-refractivity contribution in [2.24, 2.45) is 0 Å². The molecule has 0 aliphatic carbocycles. The lowest BCUT2D eigenvalue weighted by Gasteiger charge is -2.06. The van der Waals surface area contributed by atoms with Gasteiger partial charge in [0.05, 0.1) is 10.9 Å². The molecule has 0 aliphatic heterocycles. The van der Waals surface area contributed by atoms with E-state index in [1.165, 1.54) is 29.7 Å². The van der Waals surface area contributed by atoms with E-state index in [9.17, 15) is 13.2 Å². The van der Waals surface area contributed by atoms with Gasteiger partial charge in [-0.1, -0.05) is 12.1 Å². The van der Waals surface area contributed by atoms with Crippen LogP contribution in [0.4, 0.5) is 13.2 Å². The number of hydrogen-bond donors (Lipinski definition) is 0. The summed E-state index contributed by atoms with van der Waals surface area (Å²) < 4.78 is 36.7. The molecule has 2 aromatic rings. The zero-order chi connectivity index (χ0) is 10.9. The van der Waals surface area contributed by atoms with E-state index in [4.69, 9.17) is 0 Å². The fourth-order valence-electron chi connectivity index (χ4n) is 1.13. The number of halogens is 3. The van der Waals surface area contributed by atoms with Crippen LogP contribution < -0.4 is 0 Å². The molecule has 5 heteroatoms. The molecule has 1 heterocycles. The van der Waals surface area contributed by atoms with Gasteiger partial charge in [0, 0.05) is 11.8 Å². The zero-order valence-electron chi connectivity index (χ0n) is 7.38. The SMILES string of the molecule is FC(F)(F)c1ccc(-c2nc[c]s2)cc1. The molecule has 1 nitrogen and oxygen atoms in total. The van der Waals surface area contributed by atoms with Gasteiger partial charge in [-0.15, -0.1) is 11.3 Å². The predicted molar refractivity (Wildman–Crippen MR) is 51.4 cm³/mol. The largest absolute Gasteiger partial charge is 0.416 e. The highest BCUT2D eigenvalue weighted by Crippen LogP contribution is 2.31. The molecule has 1 aromatic carbocycles. The highest BCUT2D eigenvalue weighted by Gasteiger charge is 2.29. The summed E-state index contributed by atoms with van der Waals surface area (Å²) in [6.45, 7) is 0. The Morgan fingerprint density at radius 2 is 1.80 bits per heavy atom. The van der Waals surface area contributed by atoms with Crippen LogP contribution in [0, 0.1) is 5.38 Å². The molecule has 2 rings (SSSR count). The van der Waals surface area contributed by atoms with Crippen LogP contribution in [0.2, 0.25) is 0 Å². The summed E-state index contributed by atoms with van der Waals surface area (Å²) >= 11 is 1.27. The number of aromatic nitrogens is 1. The van der Waals surface area contributed by atoms with Crippen LogP contribution in [0.5, 0.6) is 0 Å². The molecule has 0 spiro atoms. The van der Waals surface area contributed by atoms with Gasteiger partial charge in [0.1, 0.15) is 5.01 Å². The van der Waals surface area contributed by atoms with Crippen LogP contribution >= 0.6 is 11.3 Å². The third-order valence-electron chi connectivity index (χ3n) is 1.85. The molecular formula is C10H5F3NS. The van der Waals surface area contributed by atoms with Gasteiger partial charge in [-0.2, -0.15) is 13.2 Å². The molecule has 0 saturated carbocycles. The number of rotatable bonds is 1. The van der Waals surface area contributed by atoms with Crippen LogP contribution in [0.3, 0.4) is 0 Å². The Morgan fingerprint density at radius 3 is 2.27 bits per heavy atom. The van der Waals surface area contributed by atoms with Gasteiger partial charge in [0.15, 0.2) is 0 Å². The fourth-order valence-corrected chi connectivity index (χ4v) is 1.71. The first-order valence-electron chi connectivity index (χ1n) is 4.07. The maximum atomic E-state index is 12.2. The van der Waals surface area contributed by atoms with Crippen LogP contribution in [0.25, 0.3) is 10.6 Å². The van der Waals surface area contributed by atoms with E-state index < -0.39 is 11.7 Å². The first kappa shape index (κ1) is 10.2. The van der Waals surface area contributed by atoms with E-state index in [1.807, 2.05) is 0 Å². The lowest BCUT2D eigenvalue weighted by molar-refractivity contribution is -0.137. The molecule has 0 bridgehead atoms. The van der Waals surface area contributed by atoms with Crippen molar-refractivity contribution < 1.29 is 13.2 Å². The first-order valence-corrected chi connectivity index (χ1v) is 4.88. The average Bonchev–Trinajstić information content (AvgIpc) is 2.69.